The van der Waals surface area contributed by atoms with Crippen LogP contribution in [-0.2, 0) is 4.79 Å². The van der Waals surface area contributed by atoms with Gasteiger partial charge in [0.15, 0.2) is 0 Å². The summed E-state index contributed by atoms with van der Waals surface area (Å²) in [6.45, 7) is 2.30. The number of nitriles is 1. The highest BCUT2D eigenvalue weighted by Gasteiger charge is 2.39. The lowest BCUT2D eigenvalue weighted by molar-refractivity contribution is -0.140. The maximum atomic E-state index is 13.8. The Bertz CT molecular complexity index is 823. The fourth-order valence-corrected chi connectivity index (χ4v) is 6.88. The van der Waals surface area contributed by atoms with Crippen molar-refractivity contribution in [2.24, 2.45) is 35.5 Å². The van der Waals surface area contributed by atoms with Crippen molar-refractivity contribution in [2.75, 3.05) is 0 Å². The molecule has 32 heavy (non-hydrogen) atoms. The van der Waals surface area contributed by atoms with Gasteiger partial charge in [0.05, 0.1) is 11.5 Å². The number of unbranched alkanes of at least 4 members (excludes halogenated alkanes) is 1. The number of carbonyl (C=O) groups excluding carboxylic acids is 1. The molecule has 3 saturated carbocycles. The predicted octanol–water partition coefficient (Wildman–Crippen LogP) is 7.43. The van der Waals surface area contributed by atoms with Gasteiger partial charge in [0.1, 0.15) is 17.6 Å². The smallest absolute Gasteiger partial charge is 0.314 e. The van der Waals surface area contributed by atoms with Crippen molar-refractivity contribution in [1.29, 1.82) is 5.26 Å². The molecule has 0 aromatic heterocycles. The van der Waals surface area contributed by atoms with Gasteiger partial charge in [0, 0.05) is 6.07 Å². The molecule has 0 radical (unpaired) electrons. The normalized spacial score (nSPS) is 32.5. The number of hydrogen-bond acceptors (Lipinski definition) is 3. The van der Waals surface area contributed by atoms with Gasteiger partial charge < -0.3 is 4.74 Å². The first-order valence-corrected chi connectivity index (χ1v) is 13.0. The molecular formula is C28H38FNO2. The van der Waals surface area contributed by atoms with E-state index >= 15 is 0 Å². The van der Waals surface area contributed by atoms with Gasteiger partial charge in [-0.2, -0.15) is 5.26 Å². The number of esters is 1. The summed E-state index contributed by atoms with van der Waals surface area (Å²) in [5, 5.41) is 8.84. The Labute approximate surface area is 192 Å². The van der Waals surface area contributed by atoms with E-state index in [0.29, 0.717) is 0 Å². The van der Waals surface area contributed by atoms with Crippen LogP contribution in [0.1, 0.15) is 96.0 Å². The van der Waals surface area contributed by atoms with E-state index in [1.807, 2.05) is 0 Å². The molecule has 0 aliphatic heterocycles. The van der Waals surface area contributed by atoms with Crippen molar-refractivity contribution < 1.29 is 13.9 Å². The van der Waals surface area contributed by atoms with E-state index in [0.717, 1.165) is 61.3 Å². The van der Waals surface area contributed by atoms with Gasteiger partial charge in [-0.1, -0.05) is 32.6 Å². The van der Waals surface area contributed by atoms with E-state index in [9.17, 15) is 9.18 Å². The zero-order chi connectivity index (χ0) is 22.5. The number of carbonyl (C=O) groups is 1. The minimum absolute atomic E-state index is 0.0329. The first-order chi connectivity index (χ1) is 15.6. The number of nitrogens with zero attached hydrogens (tertiary/aromatic N) is 1. The molecule has 0 heterocycles. The molecule has 0 saturated heterocycles. The van der Waals surface area contributed by atoms with E-state index in [4.69, 9.17) is 10.00 Å². The molecule has 0 spiro atoms. The first kappa shape index (κ1) is 23.3. The zero-order valence-electron chi connectivity index (χ0n) is 19.5. The van der Waals surface area contributed by atoms with Crippen LogP contribution in [0.3, 0.4) is 0 Å². The Balaban J connectivity index is 1.23. The van der Waals surface area contributed by atoms with Crippen LogP contribution in [0.15, 0.2) is 18.2 Å². The topological polar surface area (TPSA) is 50.1 Å². The highest BCUT2D eigenvalue weighted by molar-refractivity contribution is 5.75. The van der Waals surface area contributed by atoms with Gasteiger partial charge in [-0.05, 0) is 99.5 Å². The Morgan fingerprint density at radius 1 is 1.00 bits per heavy atom. The van der Waals surface area contributed by atoms with Gasteiger partial charge in [-0.3, -0.25) is 4.79 Å². The van der Waals surface area contributed by atoms with Gasteiger partial charge in [0.2, 0.25) is 0 Å². The third kappa shape index (κ3) is 5.53. The number of fused-ring (bicyclic) bond motifs is 1. The second kappa shape index (κ2) is 10.8. The van der Waals surface area contributed by atoms with Gasteiger partial charge in [-0.15, -0.1) is 0 Å². The molecule has 4 atom stereocenters. The number of halogens is 1. The molecule has 3 fully saturated rings. The Kier molecular flexibility index (Phi) is 7.87. The third-order valence-corrected chi connectivity index (χ3v) is 8.78. The molecule has 3 aliphatic carbocycles. The summed E-state index contributed by atoms with van der Waals surface area (Å²) in [4.78, 5) is 12.6. The molecule has 174 valence electrons. The van der Waals surface area contributed by atoms with Crippen molar-refractivity contribution in [3.05, 3.63) is 29.6 Å². The van der Waals surface area contributed by atoms with E-state index in [-0.39, 0.29) is 23.2 Å². The number of hydrogen-bond donors (Lipinski definition) is 0. The summed E-state index contributed by atoms with van der Waals surface area (Å²) in [6.07, 6.45) is 16.7. The minimum Gasteiger partial charge on any atom is -0.426 e. The second-order valence-electron chi connectivity index (χ2n) is 10.7. The Morgan fingerprint density at radius 3 is 2.34 bits per heavy atom. The molecule has 4 rings (SSSR count). The van der Waals surface area contributed by atoms with Crippen LogP contribution < -0.4 is 4.74 Å². The van der Waals surface area contributed by atoms with Crippen LogP contribution >= 0.6 is 0 Å². The summed E-state index contributed by atoms with van der Waals surface area (Å²) in [7, 11) is 0. The van der Waals surface area contributed by atoms with Crippen LogP contribution in [0.5, 0.6) is 5.75 Å². The molecule has 1 aromatic rings. The molecule has 3 nitrogen and oxygen atoms in total. The van der Waals surface area contributed by atoms with Crippen molar-refractivity contribution in [3.63, 3.8) is 0 Å². The quantitative estimate of drug-likeness (QED) is 0.342. The first-order valence-electron chi connectivity index (χ1n) is 13.0. The molecule has 3 aliphatic rings. The number of ether oxygens (including phenoxy) is 1. The summed E-state index contributed by atoms with van der Waals surface area (Å²) < 4.78 is 19.2. The summed E-state index contributed by atoms with van der Waals surface area (Å²) >= 11 is 0. The Morgan fingerprint density at radius 2 is 1.66 bits per heavy atom. The lowest BCUT2D eigenvalue weighted by atomic mass is 9.60. The monoisotopic (exact) mass is 439 g/mol. The fourth-order valence-electron chi connectivity index (χ4n) is 6.88. The number of rotatable bonds is 6. The average Bonchev–Trinajstić information content (AvgIpc) is 2.82. The molecule has 1 aromatic carbocycles. The predicted molar refractivity (Wildman–Crippen MR) is 123 cm³/mol. The molecule has 0 bridgehead atoms. The zero-order valence-corrected chi connectivity index (χ0v) is 19.5. The van der Waals surface area contributed by atoms with Gasteiger partial charge in [-0.25, -0.2) is 4.39 Å². The SMILES string of the molecule is CCCCC1CCC2CC(C3CCC(C(=O)Oc4ccc(C#N)c(F)c4)CC3)CCC2C1. The molecule has 4 heteroatoms. The molecule has 0 N–H and O–H groups in total. The highest BCUT2D eigenvalue weighted by Crippen LogP contribution is 2.49. The minimum atomic E-state index is -0.642. The summed E-state index contributed by atoms with van der Waals surface area (Å²) in [5.41, 5.74) is -0.0329. The molecular weight excluding hydrogens is 401 g/mol. The Hall–Kier alpha value is -1.89. The summed E-state index contributed by atoms with van der Waals surface area (Å²) in [6, 6.07) is 5.79. The van der Waals surface area contributed by atoms with Gasteiger partial charge >= 0.3 is 5.97 Å². The van der Waals surface area contributed by atoms with Crippen LogP contribution in [0, 0.1) is 52.7 Å². The largest absolute Gasteiger partial charge is 0.426 e. The second-order valence-corrected chi connectivity index (χ2v) is 10.7. The maximum Gasteiger partial charge on any atom is 0.314 e. The van der Waals surface area contributed by atoms with E-state index in [1.165, 1.54) is 69.9 Å². The van der Waals surface area contributed by atoms with E-state index in [1.54, 1.807) is 6.07 Å². The van der Waals surface area contributed by atoms with Crippen molar-refractivity contribution >= 4 is 5.97 Å². The van der Waals surface area contributed by atoms with Crippen LogP contribution in [0.25, 0.3) is 0 Å². The van der Waals surface area contributed by atoms with Crippen LogP contribution in [0.4, 0.5) is 4.39 Å². The van der Waals surface area contributed by atoms with Crippen LogP contribution in [-0.4, -0.2) is 5.97 Å². The standard InChI is InChI=1S/C28H38FNO2/c1-2-3-4-19-5-6-24-16-23(12-11-22(24)15-19)20-7-9-21(10-8-20)28(31)32-26-14-13-25(18-30)27(29)17-26/h13-14,17,19-24H,2-12,15-16H2,1H3. The average molecular weight is 440 g/mol. The molecule has 4 unspecified atom stereocenters. The van der Waals surface area contributed by atoms with Crippen molar-refractivity contribution in [1.82, 2.24) is 0 Å². The fraction of sp³-hybridized carbons (Fsp3) is 0.714. The summed E-state index contributed by atoms with van der Waals surface area (Å²) in [5.74, 6) is 3.72. The van der Waals surface area contributed by atoms with E-state index < -0.39 is 5.82 Å². The maximum absolute atomic E-state index is 13.8. The number of benzene rings is 1. The van der Waals surface area contributed by atoms with Crippen molar-refractivity contribution in [2.45, 2.75) is 90.4 Å². The molecule has 0 amide bonds. The van der Waals surface area contributed by atoms with Crippen molar-refractivity contribution in [3.8, 4) is 11.8 Å². The van der Waals surface area contributed by atoms with Crippen LogP contribution in [0.2, 0.25) is 0 Å². The lowest BCUT2D eigenvalue weighted by Gasteiger charge is -2.45. The highest BCUT2D eigenvalue weighted by atomic mass is 19.1. The third-order valence-electron chi connectivity index (χ3n) is 8.78. The van der Waals surface area contributed by atoms with E-state index in [2.05, 4.69) is 6.92 Å². The lowest BCUT2D eigenvalue weighted by Crippen LogP contribution is -2.35. The van der Waals surface area contributed by atoms with Gasteiger partial charge in [0.25, 0.3) is 0 Å².